The lowest BCUT2D eigenvalue weighted by Crippen LogP contribution is -2.50. The molecule has 0 spiro atoms. The Labute approximate surface area is 211 Å². The Morgan fingerprint density at radius 1 is 0.939 bits per heavy atom. The molecule has 33 heavy (non-hydrogen) atoms. The van der Waals surface area contributed by atoms with Crippen molar-refractivity contribution < 1.29 is 4.79 Å². The second kappa shape index (κ2) is 10.7. The standard InChI is InChI=1S/C25H31Cl3N4O/c1-17(21-5-3-19(26)15-23(21)28)29-24-16-20(4-6-22(24)27)31-9-7-18(8-10-31)25(33)32-13-11-30(2)12-14-32/h3-6,15-18,29H,7-14H2,1-2H3/t17-/m1/s1. The maximum absolute atomic E-state index is 12.9. The number of benzene rings is 2. The van der Waals surface area contributed by atoms with Crippen LogP contribution < -0.4 is 10.2 Å². The van der Waals surface area contributed by atoms with E-state index in [1.165, 1.54) is 0 Å². The molecule has 2 aliphatic rings. The smallest absolute Gasteiger partial charge is 0.225 e. The monoisotopic (exact) mass is 508 g/mol. The number of nitrogens with one attached hydrogen (secondary N) is 1. The number of hydrogen-bond donors (Lipinski definition) is 1. The van der Waals surface area contributed by atoms with Gasteiger partial charge in [-0.05, 0) is 62.7 Å². The van der Waals surface area contributed by atoms with Crippen molar-refractivity contribution in [3.8, 4) is 0 Å². The van der Waals surface area contributed by atoms with E-state index in [-0.39, 0.29) is 12.0 Å². The van der Waals surface area contributed by atoms with Crippen LogP contribution in [0.4, 0.5) is 11.4 Å². The summed E-state index contributed by atoms with van der Waals surface area (Å²) >= 11 is 18.9. The summed E-state index contributed by atoms with van der Waals surface area (Å²) in [5.74, 6) is 0.455. The van der Waals surface area contributed by atoms with Gasteiger partial charge >= 0.3 is 0 Å². The van der Waals surface area contributed by atoms with Gasteiger partial charge in [0.05, 0.1) is 16.8 Å². The number of nitrogens with zero attached hydrogens (tertiary/aromatic N) is 3. The first kappa shape index (κ1) is 24.5. The maximum atomic E-state index is 12.9. The third kappa shape index (κ3) is 5.89. The first-order valence-corrected chi connectivity index (χ1v) is 12.7. The molecule has 2 aromatic carbocycles. The van der Waals surface area contributed by atoms with Gasteiger partial charge in [0.1, 0.15) is 0 Å². The minimum Gasteiger partial charge on any atom is -0.377 e. The minimum atomic E-state index is -0.0329. The van der Waals surface area contributed by atoms with E-state index in [2.05, 4.69) is 34.3 Å². The molecule has 8 heteroatoms. The van der Waals surface area contributed by atoms with Gasteiger partial charge in [0.2, 0.25) is 5.91 Å². The van der Waals surface area contributed by atoms with Crippen molar-refractivity contribution >= 4 is 52.1 Å². The summed E-state index contributed by atoms with van der Waals surface area (Å²) in [6, 6.07) is 11.6. The van der Waals surface area contributed by atoms with Crippen LogP contribution >= 0.6 is 34.8 Å². The summed E-state index contributed by atoms with van der Waals surface area (Å²) in [6.45, 7) is 7.39. The number of amides is 1. The fourth-order valence-corrected chi connectivity index (χ4v) is 5.40. The summed E-state index contributed by atoms with van der Waals surface area (Å²) in [5, 5.41) is 5.39. The molecule has 0 unspecified atom stereocenters. The Morgan fingerprint density at radius 2 is 1.64 bits per heavy atom. The molecule has 1 N–H and O–H groups in total. The van der Waals surface area contributed by atoms with Crippen LogP contribution in [0.25, 0.3) is 0 Å². The number of carbonyl (C=O) groups excluding carboxylic acids is 1. The minimum absolute atomic E-state index is 0.0329. The van der Waals surface area contributed by atoms with Gasteiger partial charge in [-0.15, -0.1) is 0 Å². The molecule has 4 rings (SSSR count). The van der Waals surface area contributed by atoms with Crippen LogP contribution in [-0.2, 0) is 4.79 Å². The van der Waals surface area contributed by atoms with E-state index >= 15 is 0 Å². The zero-order valence-electron chi connectivity index (χ0n) is 19.2. The fraction of sp³-hybridized carbons (Fsp3) is 0.480. The van der Waals surface area contributed by atoms with Crippen LogP contribution in [0.3, 0.4) is 0 Å². The normalized spacial score (nSPS) is 18.9. The van der Waals surface area contributed by atoms with Gasteiger partial charge in [-0.2, -0.15) is 0 Å². The molecule has 0 radical (unpaired) electrons. The number of carbonyl (C=O) groups is 1. The van der Waals surface area contributed by atoms with Crippen molar-refractivity contribution in [1.82, 2.24) is 9.80 Å². The Bertz CT molecular complexity index is 986. The van der Waals surface area contributed by atoms with E-state index in [9.17, 15) is 4.79 Å². The summed E-state index contributed by atoms with van der Waals surface area (Å²) < 4.78 is 0. The molecule has 1 atom stereocenters. The number of likely N-dealkylation sites (N-methyl/N-ethyl adjacent to an activating group) is 1. The van der Waals surface area contributed by atoms with Crippen molar-refractivity contribution in [1.29, 1.82) is 0 Å². The molecule has 1 amide bonds. The molecule has 2 aromatic rings. The SMILES string of the molecule is C[C@@H](Nc1cc(N2CCC(C(=O)N3CCN(C)CC3)CC2)ccc1Cl)c1ccc(Cl)cc1Cl. The maximum Gasteiger partial charge on any atom is 0.225 e. The van der Waals surface area contributed by atoms with Gasteiger partial charge in [-0.3, -0.25) is 4.79 Å². The van der Waals surface area contributed by atoms with Crippen molar-refractivity contribution in [3.63, 3.8) is 0 Å². The zero-order chi connectivity index (χ0) is 23.5. The zero-order valence-corrected chi connectivity index (χ0v) is 21.4. The molecule has 2 fully saturated rings. The number of anilines is 2. The highest BCUT2D eigenvalue weighted by Crippen LogP contribution is 2.34. The van der Waals surface area contributed by atoms with E-state index in [4.69, 9.17) is 34.8 Å². The molecule has 2 saturated heterocycles. The van der Waals surface area contributed by atoms with Crippen LogP contribution in [-0.4, -0.2) is 62.0 Å². The first-order valence-electron chi connectivity index (χ1n) is 11.5. The Kier molecular flexibility index (Phi) is 7.95. The lowest BCUT2D eigenvalue weighted by molar-refractivity contribution is -0.137. The van der Waals surface area contributed by atoms with Crippen molar-refractivity contribution in [2.75, 3.05) is 56.5 Å². The fourth-order valence-electron chi connectivity index (χ4n) is 4.65. The van der Waals surface area contributed by atoms with E-state index in [1.807, 2.05) is 30.0 Å². The summed E-state index contributed by atoms with van der Waals surface area (Å²) in [4.78, 5) is 19.6. The molecule has 178 valence electrons. The number of halogens is 3. The molecule has 5 nitrogen and oxygen atoms in total. The molecule has 2 aliphatic heterocycles. The average Bonchev–Trinajstić information content (AvgIpc) is 2.80. The second-order valence-electron chi connectivity index (χ2n) is 9.09. The Balaban J connectivity index is 1.38. The lowest BCUT2D eigenvalue weighted by Gasteiger charge is -2.38. The highest BCUT2D eigenvalue weighted by molar-refractivity contribution is 6.35. The van der Waals surface area contributed by atoms with Gasteiger partial charge in [0, 0.05) is 60.9 Å². The number of piperidine rings is 1. The van der Waals surface area contributed by atoms with Gasteiger partial charge in [-0.1, -0.05) is 40.9 Å². The highest BCUT2D eigenvalue weighted by atomic mass is 35.5. The third-order valence-electron chi connectivity index (χ3n) is 6.78. The molecule has 0 saturated carbocycles. The van der Waals surface area contributed by atoms with Crippen LogP contribution in [0.1, 0.15) is 31.4 Å². The van der Waals surface area contributed by atoms with E-state index < -0.39 is 0 Å². The number of piperazine rings is 1. The molecular formula is C25H31Cl3N4O. The summed E-state index contributed by atoms with van der Waals surface area (Å²) in [7, 11) is 2.11. The van der Waals surface area contributed by atoms with Gasteiger partial charge in [0.25, 0.3) is 0 Å². The average molecular weight is 510 g/mol. The topological polar surface area (TPSA) is 38.8 Å². The van der Waals surface area contributed by atoms with Crippen LogP contribution in [0.2, 0.25) is 15.1 Å². The van der Waals surface area contributed by atoms with Crippen molar-refractivity contribution in [2.45, 2.75) is 25.8 Å². The molecular weight excluding hydrogens is 479 g/mol. The van der Waals surface area contributed by atoms with Gasteiger partial charge in [0.15, 0.2) is 0 Å². The van der Waals surface area contributed by atoms with Crippen molar-refractivity contribution in [2.24, 2.45) is 5.92 Å². The van der Waals surface area contributed by atoms with Gasteiger partial charge < -0.3 is 20.0 Å². The number of hydrogen-bond acceptors (Lipinski definition) is 4. The van der Waals surface area contributed by atoms with E-state index in [1.54, 1.807) is 6.07 Å². The van der Waals surface area contributed by atoms with E-state index in [0.717, 1.165) is 69.0 Å². The van der Waals surface area contributed by atoms with Crippen molar-refractivity contribution in [3.05, 3.63) is 57.0 Å². The van der Waals surface area contributed by atoms with Crippen LogP contribution in [0.15, 0.2) is 36.4 Å². The van der Waals surface area contributed by atoms with Gasteiger partial charge in [-0.25, -0.2) is 0 Å². The third-order valence-corrected chi connectivity index (χ3v) is 7.67. The second-order valence-corrected chi connectivity index (χ2v) is 10.3. The summed E-state index contributed by atoms with van der Waals surface area (Å²) in [6.07, 6.45) is 1.76. The lowest BCUT2D eigenvalue weighted by atomic mass is 9.94. The van der Waals surface area contributed by atoms with Crippen LogP contribution in [0, 0.1) is 5.92 Å². The van der Waals surface area contributed by atoms with E-state index in [0.29, 0.717) is 21.0 Å². The van der Waals surface area contributed by atoms with Crippen LogP contribution in [0.5, 0.6) is 0 Å². The quantitative estimate of drug-likeness (QED) is 0.552. The molecule has 0 aromatic heterocycles. The Hall–Kier alpha value is -1.66. The largest absolute Gasteiger partial charge is 0.377 e. The molecule has 0 aliphatic carbocycles. The Morgan fingerprint density at radius 3 is 2.30 bits per heavy atom. The predicted octanol–water partition coefficient (Wildman–Crippen LogP) is 5.81. The predicted molar refractivity (Wildman–Crippen MR) is 139 cm³/mol. The first-order chi connectivity index (χ1) is 15.8. The number of rotatable bonds is 5. The summed E-state index contributed by atoms with van der Waals surface area (Å²) in [5.41, 5.74) is 2.94. The highest BCUT2D eigenvalue weighted by Gasteiger charge is 2.30. The molecule has 0 bridgehead atoms. The molecule has 2 heterocycles.